The van der Waals surface area contributed by atoms with Crippen LogP contribution in [0.5, 0.6) is 0 Å². The van der Waals surface area contributed by atoms with Crippen molar-refractivity contribution in [2.75, 3.05) is 12.8 Å². The van der Waals surface area contributed by atoms with Crippen LogP contribution in [0.3, 0.4) is 0 Å². The van der Waals surface area contributed by atoms with E-state index in [4.69, 9.17) is 4.42 Å². The van der Waals surface area contributed by atoms with E-state index < -0.39 is 40.2 Å². The summed E-state index contributed by atoms with van der Waals surface area (Å²) in [4.78, 5) is 27.5. The summed E-state index contributed by atoms with van der Waals surface area (Å²) in [6.45, 7) is 1.25. The number of hydrogen-bond donors (Lipinski definition) is 1. The molecule has 2 amide bonds. The lowest BCUT2D eigenvalue weighted by atomic mass is 10.1. The van der Waals surface area contributed by atoms with E-state index in [2.05, 4.69) is 5.32 Å². The predicted octanol–water partition coefficient (Wildman–Crippen LogP) is 2.91. The lowest BCUT2D eigenvalue weighted by Crippen LogP contribution is -2.50. The monoisotopic (exact) mass is 501 g/mol. The zero-order valence-electron chi connectivity index (χ0n) is 19.6. The summed E-state index contributed by atoms with van der Waals surface area (Å²) in [5.74, 6) is -0.878. The number of carbonyl (C=O) groups excluding carboxylic acids is 2. The van der Waals surface area contributed by atoms with Gasteiger partial charge in [0.2, 0.25) is 21.8 Å². The molecule has 2 aromatic carbocycles. The molecule has 0 saturated carbocycles. The number of furan rings is 1. The third kappa shape index (κ3) is 7.76. The third-order valence-corrected chi connectivity index (χ3v) is 6.63. The molecule has 0 aliphatic rings. The van der Waals surface area contributed by atoms with Crippen LogP contribution in [0.1, 0.15) is 23.8 Å². The largest absolute Gasteiger partial charge is 0.467 e. The number of benzene rings is 2. The summed E-state index contributed by atoms with van der Waals surface area (Å²) < 4.78 is 44.6. The van der Waals surface area contributed by atoms with Crippen LogP contribution in [0.25, 0.3) is 0 Å². The molecule has 0 bridgehead atoms. The maximum atomic E-state index is 13.4. The van der Waals surface area contributed by atoms with Crippen molar-refractivity contribution in [2.45, 2.75) is 32.6 Å². The van der Waals surface area contributed by atoms with E-state index in [1.807, 2.05) is 6.07 Å². The smallest absolute Gasteiger partial charge is 0.242 e. The number of halogens is 1. The molecule has 0 aliphatic heterocycles. The first-order valence-corrected chi connectivity index (χ1v) is 12.8. The van der Waals surface area contributed by atoms with E-state index in [1.165, 1.54) is 35.4 Å². The first-order chi connectivity index (χ1) is 16.6. The molecule has 1 unspecified atom stereocenters. The minimum Gasteiger partial charge on any atom is -0.467 e. The van der Waals surface area contributed by atoms with Gasteiger partial charge < -0.3 is 14.6 Å². The number of carbonyl (C=O) groups is 2. The van der Waals surface area contributed by atoms with Crippen molar-refractivity contribution in [1.29, 1.82) is 0 Å². The minimum atomic E-state index is -3.73. The topological polar surface area (TPSA) is 99.9 Å². The molecule has 0 spiro atoms. The van der Waals surface area contributed by atoms with Gasteiger partial charge in [-0.05, 0) is 42.3 Å². The predicted molar refractivity (Wildman–Crippen MR) is 129 cm³/mol. The fourth-order valence-electron chi connectivity index (χ4n) is 3.42. The van der Waals surface area contributed by atoms with Crippen LogP contribution in [-0.4, -0.2) is 48.3 Å². The second kappa shape index (κ2) is 11.8. The maximum absolute atomic E-state index is 13.4. The van der Waals surface area contributed by atoms with Gasteiger partial charge in [-0.1, -0.05) is 42.5 Å². The van der Waals surface area contributed by atoms with Gasteiger partial charge in [0, 0.05) is 13.1 Å². The molecule has 186 valence electrons. The summed E-state index contributed by atoms with van der Waals surface area (Å²) in [5.41, 5.74) is 1.32. The summed E-state index contributed by atoms with van der Waals surface area (Å²) in [7, 11) is -3.73. The number of nitrogens with one attached hydrogen (secondary N) is 1. The number of sulfonamides is 1. The Balaban J connectivity index is 1.80. The van der Waals surface area contributed by atoms with Gasteiger partial charge in [-0.25, -0.2) is 12.8 Å². The van der Waals surface area contributed by atoms with Gasteiger partial charge in [0.25, 0.3) is 0 Å². The molecular weight excluding hydrogens is 473 g/mol. The van der Waals surface area contributed by atoms with Gasteiger partial charge in [0.15, 0.2) is 0 Å². The number of nitrogens with zero attached hydrogens (tertiary/aromatic N) is 2. The first-order valence-electron chi connectivity index (χ1n) is 11.0. The van der Waals surface area contributed by atoms with Gasteiger partial charge in [0.05, 0.1) is 25.6 Å². The van der Waals surface area contributed by atoms with Crippen molar-refractivity contribution in [2.24, 2.45) is 0 Å². The van der Waals surface area contributed by atoms with Crippen LogP contribution < -0.4 is 5.32 Å². The molecule has 0 radical (unpaired) electrons. The van der Waals surface area contributed by atoms with Gasteiger partial charge in [-0.3, -0.25) is 9.59 Å². The van der Waals surface area contributed by atoms with Gasteiger partial charge in [-0.2, -0.15) is 4.31 Å². The quantitative estimate of drug-likeness (QED) is 0.436. The Morgan fingerprint density at radius 1 is 0.971 bits per heavy atom. The molecule has 0 saturated heterocycles. The third-order valence-electron chi connectivity index (χ3n) is 5.43. The highest BCUT2D eigenvalue weighted by Crippen LogP contribution is 2.14. The fourth-order valence-corrected chi connectivity index (χ4v) is 4.15. The molecule has 8 nitrogen and oxygen atoms in total. The second-order valence-electron chi connectivity index (χ2n) is 8.14. The summed E-state index contributed by atoms with van der Waals surface area (Å²) in [6, 6.07) is 16.9. The van der Waals surface area contributed by atoms with Crippen molar-refractivity contribution in [3.8, 4) is 0 Å². The summed E-state index contributed by atoms with van der Waals surface area (Å²) >= 11 is 0. The Morgan fingerprint density at radius 2 is 1.63 bits per heavy atom. The van der Waals surface area contributed by atoms with Crippen LogP contribution in [0, 0.1) is 5.82 Å². The Labute approximate surface area is 204 Å². The Bertz CT molecular complexity index is 1220. The molecule has 1 N–H and O–H groups in total. The SMILES string of the molecule is CC(C(=O)NCc1ccco1)N(Cc1ccc(F)cc1)C(=O)CN(Cc1ccccc1)S(C)(=O)=O. The van der Waals surface area contributed by atoms with E-state index in [0.29, 0.717) is 11.3 Å². The standard InChI is InChI=1S/C25H28FN3O5S/c1-19(25(31)27-15-23-9-6-14-34-23)29(17-21-10-12-22(26)13-11-21)24(30)18-28(35(2,32)33)16-20-7-4-3-5-8-20/h3-14,19H,15-18H2,1-2H3,(H,27,31). The Kier molecular flexibility index (Phi) is 8.78. The number of rotatable bonds is 11. The van der Waals surface area contributed by atoms with E-state index >= 15 is 0 Å². The van der Waals surface area contributed by atoms with E-state index in [1.54, 1.807) is 43.3 Å². The van der Waals surface area contributed by atoms with Gasteiger partial charge in [-0.15, -0.1) is 0 Å². The molecular formula is C25H28FN3O5S. The number of amides is 2. The normalized spacial score (nSPS) is 12.3. The van der Waals surface area contributed by atoms with Crippen molar-refractivity contribution < 1.29 is 26.8 Å². The van der Waals surface area contributed by atoms with Crippen LogP contribution in [0.4, 0.5) is 4.39 Å². The second-order valence-corrected chi connectivity index (χ2v) is 10.1. The average Bonchev–Trinajstić information content (AvgIpc) is 3.35. The van der Waals surface area contributed by atoms with Crippen LogP contribution >= 0.6 is 0 Å². The molecule has 1 aromatic heterocycles. The van der Waals surface area contributed by atoms with Crippen molar-refractivity contribution in [3.05, 3.63) is 95.7 Å². The highest BCUT2D eigenvalue weighted by atomic mass is 32.2. The highest BCUT2D eigenvalue weighted by Gasteiger charge is 2.30. The van der Waals surface area contributed by atoms with Crippen molar-refractivity contribution in [1.82, 2.24) is 14.5 Å². The van der Waals surface area contributed by atoms with Crippen molar-refractivity contribution >= 4 is 21.8 Å². The molecule has 1 heterocycles. The zero-order valence-corrected chi connectivity index (χ0v) is 20.4. The fraction of sp³-hybridized carbons (Fsp3) is 0.280. The molecule has 3 aromatic rings. The highest BCUT2D eigenvalue weighted by molar-refractivity contribution is 7.88. The van der Waals surface area contributed by atoms with Crippen LogP contribution in [0.15, 0.2) is 77.4 Å². The molecule has 0 fully saturated rings. The van der Waals surface area contributed by atoms with E-state index in [9.17, 15) is 22.4 Å². The van der Waals surface area contributed by atoms with E-state index in [0.717, 1.165) is 16.1 Å². The van der Waals surface area contributed by atoms with Gasteiger partial charge in [0.1, 0.15) is 17.6 Å². The van der Waals surface area contributed by atoms with Crippen LogP contribution in [0.2, 0.25) is 0 Å². The Morgan fingerprint density at radius 3 is 2.23 bits per heavy atom. The zero-order chi connectivity index (χ0) is 25.4. The van der Waals surface area contributed by atoms with Gasteiger partial charge >= 0.3 is 0 Å². The lowest BCUT2D eigenvalue weighted by Gasteiger charge is -2.31. The molecule has 3 rings (SSSR count). The van der Waals surface area contributed by atoms with E-state index in [-0.39, 0.29) is 19.6 Å². The maximum Gasteiger partial charge on any atom is 0.242 e. The van der Waals surface area contributed by atoms with Crippen molar-refractivity contribution in [3.63, 3.8) is 0 Å². The molecule has 0 aliphatic carbocycles. The molecule has 35 heavy (non-hydrogen) atoms. The summed E-state index contributed by atoms with van der Waals surface area (Å²) in [5, 5.41) is 2.72. The summed E-state index contributed by atoms with van der Waals surface area (Å²) in [6.07, 6.45) is 2.52. The first kappa shape index (κ1) is 26.1. The number of hydrogen-bond acceptors (Lipinski definition) is 5. The minimum absolute atomic E-state index is 0.00259. The lowest BCUT2D eigenvalue weighted by molar-refractivity contribution is -0.140. The Hall–Kier alpha value is -3.50. The van der Waals surface area contributed by atoms with Crippen LogP contribution in [-0.2, 0) is 39.2 Å². The average molecular weight is 502 g/mol. The molecule has 10 heteroatoms. The molecule has 1 atom stereocenters.